The van der Waals surface area contributed by atoms with E-state index in [9.17, 15) is 0 Å². The quantitative estimate of drug-likeness (QED) is 0.734. The second-order valence-electron chi connectivity index (χ2n) is 5.64. The van der Waals surface area contributed by atoms with Crippen molar-refractivity contribution in [1.82, 2.24) is 9.88 Å². The lowest BCUT2D eigenvalue weighted by atomic mass is 9.88. The number of rotatable bonds is 5. The van der Waals surface area contributed by atoms with Crippen LogP contribution in [-0.4, -0.2) is 37.1 Å². The summed E-state index contributed by atoms with van der Waals surface area (Å²) < 4.78 is 5.55. The molecule has 0 aromatic carbocycles. The molecule has 0 aliphatic rings. The average molecular weight is 236 g/mol. The topological polar surface area (TPSA) is 25.4 Å². The van der Waals surface area contributed by atoms with Crippen molar-refractivity contribution in [1.29, 1.82) is 0 Å². The number of hydrogen-bond acceptors (Lipinski definition) is 3. The summed E-state index contributed by atoms with van der Waals surface area (Å²) in [7, 11) is 4.08. The number of ether oxygens (including phenoxy) is 1. The van der Waals surface area contributed by atoms with Crippen molar-refractivity contribution >= 4 is 0 Å². The van der Waals surface area contributed by atoms with Crippen molar-refractivity contribution in [3.05, 3.63) is 29.6 Å². The van der Waals surface area contributed by atoms with Gasteiger partial charge in [-0.3, -0.25) is 4.98 Å². The summed E-state index contributed by atoms with van der Waals surface area (Å²) >= 11 is 0. The third-order valence-corrected chi connectivity index (χ3v) is 2.62. The van der Waals surface area contributed by atoms with Gasteiger partial charge in [0, 0.05) is 12.7 Å². The molecule has 17 heavy (non-hydrogen) atoms. The first-order valence-electron chi connectivity index (χ1n) is 6.07. The first-order chi connectivity index (χ1) is 7.89. The minimum absolute atomic E-state index is 0.164. The lowest BCUT2D eigenvalue weighted by Gasteiger charge is -2.18. The number of nitrogens with zero attached hydrogens (tertiary/aromatic N) is 2. The zero-order valence-electron chi connectivity index (χ0n) is 11.7. The average Bonchev–Trinajstić information content (AvgIpc) is 2.23. The number of pyridine rings is 1. The standard InChI is InChI=1S/C14H24N2O/c1-14(2,3)12-6-7-13(15-10-12)11-17-9-8-16(4)5/h6-7,10H,8-9,11H2,1-5H3. The van der Waals surface area contributed by atoms with Gasteiger partial charge in [-0.1, -0.05) is 26.8 Å². The summed E-state index contributed by atoms with van der Waals surface area (Å²) in [5, 5.41) is 0. The lowest BCUT2D eigenvalue weighted by Crippen LogP contribution is -2.18. The van der Waals surface area contributed by atoms with Crippen molar-refractivity contribution in [3.8, 4) is 0 Å². The highest BCUT2D eigenvalue weighted by atomic mass is 16.5. The summed E-state index contributed by atoms with van der Waals surface area (Å²) in [6, 6.07) is 4.19. The minimum atomic E-state index is 0.164. The molecule has 1 rings (SSSR count). The highest BCUT2D eigenvalue weighted by Crippen LogP contribution is 2.20. The molecule has 0 aliphatic heterocycles. The van der Waals surface area contributed by atoms with Crippen molar-refractivity contribution in [3.63, 3.8) is 0 Å². The number of likely N-dealkylation sites (N-methyl/N-ethyl adjacent to an activating group) is 1. The SMILES string of the molecule is CN(C)CCOCc1ccc(C(C)(C)C)cn1. The van der Waals surface area contributed by atoms with Crippen LogP contribution in [0.1, 0.15) is 32.0 Å². The largest absolute Gasteiger partial charge is 0.374 e. The van der Waals surface area contributed by atoms with Gasteiger partial charge < -0.3 is 9.64 Å². The van der Waals surface area contributed by atoms with Crippen molar-refractivity contribution in [2.24, 2.45) is 0 Å². The fraction of sp³-hybridized carbons (Fsp3) is 0.643. The van der Waals surface area contributed by atoms with Crippen molar-refractivity contribution < 1.29 is 4.74 Å². The summed E-state index contributed by atoms with van der Waals surface area (Å²) in [4.78, 5) is 6.53. The van der Waals surface area contributed by atoms with Crippen LogP contribution in [0.15, 0.2) is 18.3 Å². The smallest absolute Gasteiger partial charge is 0.0888 e. The van der Waals surface area contributed by atoms with E-state index in [1.165, 1.54) is 5.56 Å². The predicted octanol–water partition coefficient (Wildman–Crippen LogP) is 2.46. The normalized spacial score (nSPS) is 12.1. The van der Waals surface area contributed by atoms with Gasteiger partial charge in [-0.25, -0.2) is 0 Å². The maximum atomic E-state index is 5.55. The molecule has 1 aromatic rings. The fourth-order valence-electron chi connectivity index (χ4n) is 1.38. The third kappa shape index (κ3) is 5.29. The van der Waals surface area contributed by atoms with E-state index in [4.69, 9.17) is 4.74 Å². The predicted molar refractivity (Wildman–Crippen MR) is 71.1 cm³/mol. The molecule has 0 amide bonds. The van der Waals surface area contributed by atoms with Gasteiger partial charge in [-0.2, -0.15) is 0 Å². The summed E-state index contributed by atoms with van der Waals surface area (Å²) in [6.45, 7) is 8.86. The van der Waals surface area contributed by atoms with E-state index < -0.39 is 0 Å². The van der Waals surface area contributed by atoms with E-state index in [1.807, 2.05) is 20.3 Å². The Morgan fingerprint density at radius 1 is 1.24 bits per heavy atom. The highest BCUT2D eigenvalue weighted by molar-refractivity contribution is 5.20. The molecule has 0 saturated heterocycles. The summed E-state index contributed by atoms with van der Waals surface area (Å²) in [6.07, 6.45) is 1.95. The fourth-order valence-corrected chi connectivity index (χ4v) is 1.38. The molecule has 0 saturated carbocycles. The monoisotopic (exact) mass is 236 g/mol. The Hall–Kier alpha value is -0.930. The van der Waals surface area contributed by atoms with Crippen LogP contribution in [0, 0.1) is 0 Å². The van der Waals surface area contributed by atoms with Crippen LogP contribution in [0.25, 0.3) is 0 Å². The second kappa shape index (κ2) is 6.12. The van der Waals surface area contributed by atoms with Crippen LogP contribution in [-0.2, 0) is 16.8 Å². The van der Waals surface area contributed by atoms with Crippen LogP contribution in [0.5, 0.6) is 0 Å². The Morgan fingerprint density at radius 3 is 2.41 bits per heavy atom. The van der Waals surface area contributed by atoms with Gasteiger partial charge in [0.25, 0.3) is 0 Å². The molecule has 1 aromatic heterocycles. The van der Waals surface area contributed by atoms with Gasteiger partial charge >= 0.3 is 0 Å². The molecule has 0 unspecified atom stereocenters. The molecule has 3 nitrogen and oxygen atoms in total. The first kappa shape index (κ1) is 14.1. The Kier molecular flexibility index (Phi) is 5.09. The lowest BCUT2D eigenvalue weighted by molar-refractivity contribution is 0.103. The molecule has 3 heteroatoms. The second-order valence-corrected chi connectivity index (χ2v) is 5.64. The molecular weight excluding hydrogens is 212 g/mol. The Bertz CT molecular complexity index is 325. The maximum absolute atomic E-state index is 5.55. The summed E-state index contributed by atoms with van der Waals surface area (Å²) in [5.74, 6) is 0. The Balaban J connectivity index is 2.41. The molecule has 0 aliphatic carbocycles. The molecule has 0 bridgehead atoms. The molecule has 0 spiro atoms. The van der Waals surface area contributed by atoms with Gasteiger partial charge in [0.15, 0.2) is 0 Å². The van der Waals surface area contributed by atoms with E-state index in [1.54, 1.807) is 0 Å². The Labute approximate surface area is 105 Å². The molecule has 96 valence electrons. The minimum Gasteiger partial charge on any atom is -0.374 e. The third-order valence-electron chi connectivity index (χ3n) is 2.62. The van der Waals surface area contributed by atoms with Gasteiger partial charge in [-0.05, 0) is 31.1 Å². The zero-order valence-corrected chi connectivity index (χ0v) is 11.7. The first-order valence-corrected chi connectivity index (χ1v) is 6.07. The van der Waals surface area contributed by atoms with Gasteiger partial charge in [0.05, 0.1) is 18.9 Å². The van der Waals surface area contributed by atoms with E-state index >= 15 is 0 Å². The molecule has 0 atom stereocenters. The highest BCUT2D eigenvalue weighted by Gasteiger charge is 2.13. The van der Waals surface area contributed by atoms with Gasteiger partial charge in [0.1, 0.15) is 0 Å². The molecule has 1 heterocycles. The molecule has 0 fully saturated rings. The molecule has 0 radical (unpaired) electrons. The van der Waals surface area contributed by atoms with Crippen LogP contribution in [0.4, 0.5) is 0 Å². The molecule has 0 N–H and O–H groups in total. The van der Waals surface area contributed by atoms with E-state index in [0.717, 1.165) is 18.8 Å². The maximum Gasteiger partial charge on any atom is 0.0888 e. The van der Waals surface area contributed by atoms with E-state index in [2.05, 4.69) is 42.8 Å². The van der Waals surface area contributed by atoms with Crippen molar-refractivity contribution in [2.75, 3.05) is 27.2 Å². The van der Waals surface area contributed by atoms with Crippen LogP contribution in [0.3, 0.4) is 0 Å². The Morgan fingerprint density at radius 2 is 1.94 bits per heavy atom. The molecular formula is C14H24N2O. The number of hydrogen-bond donors (Lipinski definition) is 0. The summed E-state index contributed by atoms with van der Waals surface area (Å²) in [5.41, 5.74) is 2.42. The van der Waals surface area contributed by atoms with Crippen LogP contribution < -0.4 is 0 Å². The van der Waals surface area contributed by atoms with E-state index in [-0.39, 0.29) is 5.41 Å². The zero-order chi connectivity index (χ0) is 12.9. The van der Waals surface area contributed by atoms with Crippen LogP contribution in [0.2, 0.25) is 0 Å². The van der Waals surface area contributed by atoms with Crippen molar-refractivity contribution in [2.45, 2.75) is 32.8 Å². The van der Waals surface area contributed by atoms with Crippen LogP contribution >= 0.6 is 0 Å². The van der Waals surface area contributed by atoms with Gasteiger partial charge in [0.2, 0.25) is 0 Å². The van der Waals surface area contributed by atoms with Gasteiger partial charge in [-0.15, -0.1) is 0 Å². The van der Waals surface area contributed by atoms with E-state index in [0.29, 0.717) is 6.61 Å². The number of aromatic nitrogens is 1.